The Morgan fingerprint density at radius 1 is 1.42 bits per heavy atom. The van der Waals surface area contributed by atoms with Crippen LogP contribution in [0.2, 0.25) is 0 Å². The number of hydrogen-bond acceptors (Lipinski definition) is 4. The third kappa shape index (κ3) is 3.44. The summed E-state index contributed by atoms with van der Waals surface area (Å²) >= 11 is 0. The van der Waals surface area contributed by atoms with Crippen molar-refractivity contribution < 1.29 is 21.6 Å². The molecule has 10 heteroatoms. The van der Waals surface area contributed by atoms with Crippen LogP contribution in [0.5, 0.6) is 0 Å². The smallest absolute Gasteiger partial charge is 0.314 e. The van der Waals surface area contributed by atoms with E-state index in [1.807, 2.05) is 0 Å². The minimum absolute atomic E-state index is 0.0413. The van der Waals surface area contributed by atoms with Crippen LogP contribution in [0.3, 0.4) is 0 Å². The number of hydrogen-bond donors (Lipinski definition) is 1. The van der Waals surface area contributed by atoms with Gasteiger partial charge in [-0.05, 0) is 6.42 Å². The molecule has 0 amide bonds. The van der Waals surface area contributed by atoms with Crippen molar-refractivity contribution in [2.45, 2.75) is 32.1 Å². The Bertz CT molecular complexity index is 567. The first-order chi connectivity index (χ1) is 8.67. The number of sulfonamides is 1. The first-order valence-corrected chi connectivity index (χ1v) is 7.48. The number of alkyl halides is 3. The molecule has 1 atom stereocenters. The number of halogens is 3. The molecule has 0 saturated heterocycles. The summed E-state index contributed by atoms with van der Waals surface area (Å²) < 4.78 is 63.5. The number of fused-ring (bicyclic) bond motifs is 1. The Balaban J connectivity index is 2.11. The maximum absolute atomic E-state index is 12.6. The molecule has 0 saturated carbocycles. The highest BCUT2D eigenvalue weighted by atomic mass is 32.2. The van der Waals surface area contributed by atoms with Gasteiger partial charge in [-0.25, -0.2) is 13.1 Å². The maximum Gasteiger partial charge on any atom is 0.392 e. The highest BCUT2D eigenvalue weighted by Crippen LogP contribution is 2.34. The summed E-state index contributed by atoms with van der Waals surface area (Å²) in [5, 5.41) is 7.44. The third-order valence-electron chi connectivity index (χ3n) is 2.99. The topological polar surface area (TPSA) is 76.9 Å². The lowest BCUT2D eigenvalue weighted by molar-refractivity contribution is -0.179. The summed E-state index contributed by atoms with van der Waals surface area (Å²) in [4.78, 5) is 0. The monoisotopic (exact) mass is 298 g/mol. The van der Waals surface area contributed by atoms with Gasteiger partial charge in [0.2, 0.25) is 10.0 Å². The number of rotatable bonds is 3. The molecule has 0 radical (unpaired) electrons. The normalized spacial score (nSPS) is 20.3. The average molecular weight is 298 g/mol. The van der Waals surface area contributed by atoms with Crippen LogP contribution < -0.4 is 4.72 Å². The van der Waals surface area contributed by atoms with Gasteiger partial charge in [0.25, 0.3) is 0 Å². The van der Waals surface area contributed by atoms with Gasteiger partial charge in [-0.15, -0.1) is 10.2 Å². The number of aromatic nitrogens is 3. The van der Waals surface area contributed by atoms with E-state index in [4.69, 9.17) is 0 Å². The van der Waals surface area contributed by atoms with Gasteiger partial charge in [-0.2, -0.15) is 13.2 Å². The van der Waals surface area contributed by atoms with Crippen LogP contribution in [0.1, 0.15) is 18.1 Å². The Kier molecular flexibility index (Phi) is 3.56. The third-order valence-corrected chi connectivity index (χ3v) is 3.66. The Labute approximate surface area is 108 Å². The van der Waals surface area contributed by atoms with Crippen LogP contribution in [-0.2, 0) is 29.5 Å². The zero-order valence-corrected chi connectivity index (χ0v) is 10.9. The summed E-state index contributed by atoms with van der Waals surface area (Å²) in [6, 6.07) is 0. The van der Waals surface area contributed by atoms with Gasteiger partial charge in [-0.1, -0.05) is 0 Å². The second kappa shape index (κ2) is 4.75. The first kappa shape index (κ1) is 14.3. The quantitative estimate of drug-likeness (QED) is 0.879. The van der Waals surface area contributed by atoms with Gasteiger partial charge in [0, 0.05) is 13.0 Å². The van der Waals surface area contributed by atoms with Crippen molar-refractivity contribution in [3.8, 4) is 0 Å². The number of nitrogens with one attached hydrogen (secondary N) is 1. The predicted octanol–water partition coefficient (Wildman–Crippen LogP) is 0.452. The molecule has 1 aliphatic heterocycles. The maximum atomic E-state index is 12.6. The van der Waals surface area contributed by atoms with Crippen molar-refractivity contribution in [2.75, 3.05) is 6.26 Å². The number of nitrogens with zero attached hydrogens (tertiary/aromatic N) is 3. The summed E-state index contributed by atoms with van der Waals surface area (Å²) in [7, 11) is -3.37. The molecule has 0 spiro atoms. The van der Waals surface area contributed by atoms with Gasteiger partial charge >= 0.3 is 6.18 Å². The van der Waals surface area contributed by atoms with Crippen LogP contribution in [0, 0.1) is 5.92 Å². The lowest BCUT2D eigenvalue weighted by Gasteiger charge is -2.25. The molecule has 0 fully saturated rings. The Morgan fingerprint density at radius 2 is 2.11 bits per heavy atom. The molecule has 0 aromatic carbocycles. The molecular formula is C9H13F3N4O2S. The molecule has 0 unspecified atom stereocenters. The van der Waals surface area contributed by atoms with E-state index in [1.165, 1.54) is 0 Å². The molecule has 19 heavy (non-hydrogen) atoms. The lowest BCUT2D eigenvalue weighted by atomic mass is 9.97. The van der Waals surface area contributed by atoms with Crippen molar-refractivity contribution in [1.82, 2.24) is 19.5 Å². The highest BCUT2D eigenvalue weighted by Gasteiger charge is 2.42. The molecule has 2 rings (SSSR count). The van der Waals surface area contributed by atoms with Crippen molar-refractivity contribution in [2.24, 2.45) is 5.92 Å². The van der Waals surface area contributed by atoms with Crippen molar-refractivity contribution in [3.05, 3.63) is 11.6 Å². The molecule has 0 bridgehead atoms. The molecule has 1 aliphatic rings. The van der Waals surface area contributed by atoms with Crippen molar-refractivity contribution in [1.29, 1.82) is 0 Å². The molecule has 1 N–H and O–H groups in total. The van der Waals surface area contributed by atoms with Gasteiger partial charge in [-0.3, -0.25) is 0 Å². The van der Waals surface area contributed by atoms with Crippen molar-refractivity contribution >= 4 is 10.0 Å². The first-order valence-electron chi connectivity index (χ1n) is 5.59. The minimum Gasteiger partial charge on any atom is -0.314 e. The summed E-state index contributed by atoms with van der Waals surface area (Å²) in [5.41, 5.74) is 0. The second-order valence-corrected chi connectivity index (χ2v) is 6.34. The van der Waals surface area contributed by atoms with Crippen LogP contribution in [0.4, 0.5) is 13.2 Å². The van der Waals surface area contributed by atoms with E-state index in [2.05, 4.69) is 14.9 Å². The predicted molar refractivity (Wildman–Crippen MR) is 59.6 cm³/mol. The Morgan fingerprint density at radius 3 is 2.68 bits per heavy atom. The van der Waals surface area contributed by atoms with E-state index in [-0.39, 0.29) is 31.8 Å². The lowest BCUT2D eigenvalue weighted by Crippen LogP contribution is -2.32. The highest BCUT2D eigenvalue weighted by molar-refractivity contribution is 7.88. The van der Waals surface area contributed by atoms with Crippen LogP contribution in [0.25, 0.3) is 0 Å². The molecule has 2 heterocycles. The van der Waals surface area contributed by atoms with E-state index < -0.39 is 22.1 Å². The standard InChI is InChI=1S/C9H13F3N4O2S/c1-19(17,18)13-5-8-15-14-7-4-6(9(10,11)12)2-3-16(7)8/h6,13H,2-5H2,1H3/t6-/m1/s1. The van der Waals surface area contributed by atoms with Gasteiger partial charge in [0.1, 0.15) is 11.6 Å². The summed E-state index contributed by atoms with van der Waals surface area (Å²) in [5.74, 6) is -0.820. The SMILES string of the molecule is CS(=O)(=O)NCc1nnc2n1CC[C@@H](C(F)(F)F)C2. The van der Waals surface area contributed by atoms with Crippen LogP contribution in [0.15, 0.2) is 0 Å². The fraction of sp³-hybridized carbons (Fsp3) is 0.778. The zero-order valence-electron chi connectivity index (χ0n) is 10.1. The van der Waals surface area contributed by atoms with Gasteiger partial charge < -0.3 is 4.57 Å². The Hall–Kier alpha value is -1.16. The minimum atomic E-state index is -4.23. The molecular weight excluding hydrogens is 285 g/mol. The van der Waals surface area contributed by atoms with E-state index in [1.54, 1.807) is 4.57 Å². The average Bonchev–Trinajstić information content (AvgIpc) is 2.66. The summed E-state index contributed by atoms with van der Waals surface area (Å²) in [6.45, 7) is 0.0792. The van der Waals surface area contributed by atoms with Crippen LogP contribution in [-0.4, -0.2) is 35.6 Å². The summed E-state index contributed by atoms with van der Waals surface area (Å²) in [6.07, 6.45) is -3.49. The van der Waals surface area contributed by atoms with Crippen molar-refractivity contribution in [3.63, 3.8) is 0 Å². The molecule has 0 aliphatic carbocycles. The van der Waals surface area contributed by atoms with Gasteiger partial charge in [0.15, 0.2) is 0 Å². The molecule has 1 aromatic rings. The zero-order chi connectivity index (χ0) is 14.3. The second-order valence-electron chi connectivity index (χ2n) is 4.51. The van der Waals surface area contributed by atoms with E-state index in [0.29, 0.717) is 5.82 Å². The van der Waals surface area contributed by atoms with Gasteiger partial charge in [0.05, 0.1) is 18.7 Å². The van der Waals surface area contributed by atoms with E-state index in [9.17, 15) is 21.6 Å². The van der Waals surface area contributed by atoms with E-state index in [0.717, 1.165) is 6.26 Å². The fourth-order valence-electron chi connectivity index (χ4n) is 1.99. The molecule has 6 nitrogen and oxygen atoms in total. The molecule has 1 aromatic heterocycles. The largest absolute Gasteiger partial charge is 0.392 e. The van der Waals surface area contributed by atoms with E-state index >= 15 is 0 Å². The fourth-order valence-corrected chi connectivity index (χ4v) is 2.39. The molecule has 108 valence electrons. The van der Waals surface area contributed by atoms with Crippen LogP contribution >= 0.6 is 0 Å².